The van der Waals surface area contributed by atoms with Gasteiger partial charge in [0.15, 0.2) is 0 Å². The Kier molecular flexibility index (Phi) is 6.59. The van der Waals surface area contributed by atoms with Gasteiger partial charge in [-0.05, 0) is 36.4 Å². The molecule has 1 N–H and O–H groups in total. The van der Waals surface area contributed by atoms with Gasteiger partial charge in [-0.15, -0.1) is 0 Å². The SMILES string of the molecule is CC(C)C#Cc1ccc(C(=O)NC2C(C)(C)C(Oc3ccc(C#N)c(Cl)c3)C2(C)C)cc1. The zero-order valence-corrected chi connectivity index (χ0v) is 20.2. The topological polar surface area (TPSA) is 62.1 Å². The van der Waals surface area contributed by atoms with Gasteiger partial charge in [0.05, 0.1) is 10.6 Å². The summed E-state index contributed by atoms with van der Waals surface area (Å²) in [6.45, 7) is 12.4. The van der Waals surface area contributed by atoms with Crippen molar-refractivity contribution in [2.75, 3.05) is 0 Å². The molecule has 1 aliphatic carbocycles. The van der Waals surface area contributed by atoms with Crippen molar-refractivity contribution in [3.63, 3.8) is 0 Å². The van der Waals surface area contributed by atoms with Crippen molar-refractivity contribution in [3.8, 4) is 23.7 Å². The van der Waals surface area contributed by atoms with Crippen molar-refractivity contribution in [2.45, 2.75) is 53.7 Å². The van der Waals surface area contributed by atoms with Crippen LogP contribution in [0.15, 0.2) is 42.5 Å². The number of nitrogens with zero attached hydrogens (tertiary/aromatic N) is 1. The number of hydrogen-bond acceptors (Lipinski definition) is 3. The molecule has 0 atom stereocenters. The average Bonchev–Trinajstić information content (AvgIpc) is 2.74. The van der Waals surface area contributed by atoms with E-state index in [1.807, 2.05) is 38.1 Å². The Labute approximate surface area is 195 Å². The Morgan fingerprint density at radius 3 is 2.25 bits per heavy atom. The summed E-state index contributed by atoms with van der Waals surface area (Å²) in [5.74, 6) is 7.05. The highest BCUT2D eigenvalue weighted by Gasteiger charge is 2.64. The number of carbonyl (C=O) groups excluding carboxylic acids is 1. The lowest BCUT2D eigenvalue weighted by atomic mass is 9.49. The molecule has 0 aromatic heterocycles. The first-order valence-electron chi connectivity index (χ1n) is 10.8. The summed E-state index contributed by atoms with van der Waals surface area (Å²) >= 11 is 6.16. The molecule has 4 nitrogen and oxygen atoms in total. The molecule has 166 valence electrons. The maximum absolute atomic E-state index is 12.9. The number of carbonyl (C=O) groups is 1. The summed E-state index contributed by atoms with van der Waals surface area (Å²) in [7, 11) is 0. The summed E-state index contributed by atoms with van der Waals surface area (Å²) in [5.41, 5.74) is 1.31. The van der Waals surface area contributed by atoms with Crippen molar-refractivity contribution in [1.82, 2.24) is 5.32 Å². The minimum absolute atomic E-state index is 0.0817. The molecule has 0 radical (unpaired) electrons. The molecule has 3 rings (SSSR count). The fraction of sp³-hybridized carbons (Fsp3) is 0.407. The van der Waals surface area contributed by atoms with Crippen LogP contribution < -0.4 is 10.1 Å². The number of hydrogen-bond donors (Lipinski definition) is 1. The molecular formula is C27H29ClN2O2. The Morgan fingerprint density at radius 1 is 1.09 bits per heavy atom. The third-order valence-electron chi connectivity index (χ3n) is 6.08. The van der Waals surface area contributed by atoms with Gasteiger partial charge >= 0.3 is 0 Å². The summed E-state index contributed by atoms with van der Waals surface area (Å²) < 4.78 is 6.28. The molecule has 1 aliphatic rings. The van der Waals surface area contributed by atoms with Crippen molar-refractivity contribution in [2.24, 2.45) is 16.7 Å². The molecule has 0 heterocycles. The first-order valence-corrected chi connectivity index (χ1v) is 11.1. The molecule has 5 heteroatoms. The van der Waals surface area contributed by atoms with E-state index < -0.39 is 0 Å². The fourth-order valence-electron chi connectivity index (χ4n) is 4.74. The van der Waals surface area contributed by atoms with Crippen molar-refractivity contribution in [3.05, 3.63) is 64.2 Å². The van der Waals surface area contributed by atoms with Gasteiger partial charge < -0.3 is 10.1 Å². The van der Waals surface area contributed by atoms with Crippen LogP contribution in [0.1, 0.15) is 63.0 Å². The maximum Gasteiger partial charge on any atom is 0.251 e. The number of halogens is 1. The van der Waals surface area contributed by atoms with Gasteiger partial charge in [0.25, 0.3) is 5.91 Å². The molecule has 32 heavy (non-hydrogen) atoms. The summed E-state index contributed by atoms with van der Waals surface area (Å²) in [5, 5.41) is 12.6. The van der Waals surface area contributed by atoms with E-state index in [1.54, 1.807) is 18.2 Å². The van der Waals surface area contributed by atoms with E-state index in [2.05, 4.69) is 50.9 Å². The van der Waals surface area contributed by atoms with Crippen LogP contribution in [-0.2, 0) is 0 Å². The first kappa shape index (κ1) is 23.7. The number of ether oxygens (including phenoxy) is 1. The zero-order valence-electron chi connectivity index (χ0n) is 19.4. The minimum Gasteiger partial charge on any atom is -0.489 e. The second-order valence-electron chi connectivity index (χ2n) is 9.80. The molecular weight excluding hydrogens is 420 g/mol. The van der Waals surface area contributed by atoms with Crippen molar-refractivity contribution < 1.29 is 9.53 Å². The van der Waals surface area contributed by atoms with Crippen molar-refractivity contribution >= 4 is 17.5 Å². The highest BCUT2D eigenvalue weighted by Crippen LogP contribution is 2.55. The lowest BCUT2D eigenvalue weighted by Gasteiger charge is -2.63. The smallest absolute Gasteiger partial charge is 0.251 e. The molecule has 0 saturated heterocycles. The largest absolute Gasteiger partial charge is 0.489 e. The number of nitrogens with one attached hydrogen (secondary N) is 1. The van der Waals surface area contributed by atoms with Gasteiger partial charge in [0.2, 0.25) is 0 Å². The number of rotatable bonds is 4. The van der Waals surface area contributed by atoms with Gasteiger partial charge in [0, 0.05) is 40.0 Å². The number of nitriles is 1. The summed E-state index contributed by atoms with van der Waals surface area (Å²) in [6.07, 6.45) is -0.141. The van der Waals surface area contributed by atoms with Gasteiger partial charge in [-0.25, -0.2) is 0 Å². The predicted molar refractivity (Wildman–Crippen MR) is 128 cm³/mol. The van der Waals surface area contributed by atoms with Crippen LogP contribution in [0.3, 0.4) is 0 Å². The van der Waals surface area contributed by atoms with Gasteiger partial charge in [0.1, 0.15) is 17.9 Å². The number of benzene rings is 2. The van der Waals surface area contributed by atoms with Gasteiger partial charge in [-0.1, -0.05) is 65.0 Å². The van der Waals surface area contributed by atoms with Crippen LogP contribution in [0.2, 0.25) is 5.02 Å². The second-order valence-corrected chi connectivity index (χ2v) is 10.2. The van der Waals surface area contributed by atoms with Gasteiger partial charge in [-0.3, -0.25) is 4.79 Å². The third-order valence-corrected chi connectivity index (χ3v) is 6.39. The van der Waals surface area contributed by atoms with Crippen LogP contribution in [0.4, 0.5) is 0 Å². The van der Waals surface area contributed by atoms with Crippen LogP contribution in [-0.4, -0.2) is 18.1 Å². The van der Waals surface area contributed by atoms with Crippen LogP contribution in [0.5, 0.6) is 5.75 Å². The highest BCUT2D eigenvalue weighted by atomic mass is 35.5. The quantitative estimate of drug-likeness (QED) is 0.598. The maximum atomic E-state index is 12.9. The minimum atomic E-state index is -0.303. The lowest BCUT2D eigenvalue weighted by Crippen LogP contribution is -2.74. The Balaban J connectivity index is 1.72. The van der Waals surface area contributed by atoms with Crippen LogP contribution in [0.25, 0.3) is 0 Å². The Bertz CT molecular complexity index is 1100. The monoisotopic (exact) mass is 448 g/mol. The molecule has 1 saturated carbocycles. The Morgan fingerprint density at radius 2 is 1.72 bits per heavy atom. The summed E-state index contributed by atoms with van der Waals surface area (Å²) in [4.78, 5) is 12.9. The highest BCUT2D eigenvalue weighted by molar-refractivity contribution is 6.31. The predicted octanol–water partition coefficient (Wildman–Crippen LogP) is 5.83. The van der Waals surface area contributed by atoms with Crippen LogP contribution in [0, 0.1) is 39.9 Å². The van der Waals surface area contributed by atoms with E-state index >= 15 is 0 Å². The standard InChI is InChI=1S/C27H29ClN2O2/c1-17(2)7-8-18-9-11-19(12-10-18)23(31)30-24-26(3,4)25(27(24,5)6)32-21-14-13-20(16-29)22(28)15-21/h9-15,17,24-25H,1-6H3,(H,30,31). The molecule has 0 aliphatic heterocycles. The van der Waals surface area contributed by atoms with E-state index in [4.69, 9.17) is 21.6 Å². The summed E-state index contributed by atoms with van der Waals surface area (Å²) in [6, 6.07) is 14.4. The third kappa shape index (κ3) is 4.62. The molecule has 0 spiro atoms. The van der Waals surface area contributed by atoms with Crippen LogP contribution >= 0.6 is 11.6 Å². The fourth-order valence-corrected chi connectivity index (χ4v) is 4.96. The zero-order chi connectivity index (χ0) is 23.7. The first-order chi connectivity index (χ1) is 15.0. The molecule has 0 bridgehead atoms. The molecule has 1 amide bonds. The van der Waals surface area contributed by atoms with Crippen molar-refractivity contribution in [1.29, 1.82) is 5.26 Å². The van der Waals surface area contributed by atoms with Gasteiger partial charge in [-0.2, -0.15) is 5.26 Å². The average molecular weight is 449 g/mol. The molecule has 2 aromatic carbocycles. The molecule has 2 aromatic rings. The van der Waals surface area contributed by atoms with E-state index in [9.17, 15) is 4.79 Å². The molecule has 1 fully saturated rings. The lowest BCUT2D eigenvalue weighted by molar-refractivity contribution is -0.164. The Hall–Kier alpha value is -2.95. The van der Waals surface area contributed by atoms with E-state index in [0.717, 1.165) is 5.56 Å². The van der Waals surface area contributed by atoms with E-state index in [1.165, 1.54) is 0 Å². The second kappa shape index (κ2) is 8.89. The number of amides is 1. The van der Waals surface area contributed by atoms with E-state index in [-0.39, 0.29) is 28.9 Å². The molecule has 0 unspecified atom stereocenters. The normalized spacial score (nSPS) is 20.3. The van der Waals surface area contributed by atoms with E-state index in [0.29, 0.717) is 27.8 Å².